The van der Waals surface area contributed by atoms with E-state index in [0.29, 0.717) is 23.4 Å². The molecular formula is C24H24N2O4. The molecule has 0 spiro atoms. The van der Waals surface area contributed by atoms with Crippen molar-refractivity contribution >= 4 is 23.3 Å². The first-order valence-corrected chi connectivity index (χ1v) is 9.64. The molecule has 0 atom stereocenters. The molecule has 6 nitrogen and oxygen atoms in total. The fraction of sp³-hybridized carbons (Fsp3) is 0.208. The fourth-order valence-corrected chi connectivity index (χ4v) is 3.25. The van der Waals surface area contributed by atoms with Crippen LogP contribution in [0.15, 0.2) is 60.7 Å². The Balaban J connectivity index is 1.64. The fourth-order valence-electron chi connectivity index (χ4n) is 3.25. The van der Waals surface area contributed by atoms with Crippen LogP contribution in [-0.2, 0) is 16.1 Å². The van der Waals surface area contributed by atoms with Gasteiger partial charge >= 0.3 is 5.97 Å². The van der Waals surface area contributed by atoms with Gasteiger partial charge in [-0.1, -0.05) is 30.3 Å². The first-order valence-electron chi connectivity index (χ1n) is 9.64. The van der Waals surface area contributed by atoms with Crippen molar-refractivity contribution in [3.8, 4) is 0 Å². The van der Waals surface area contributed by atoms with Gasteiger partial charge in [-0.2, -0.15) is 0 Å². The van der Waals surface area contributed by atoms with E-state index in [0.717, 1.165) is 17.0 Å². The number of nitrogens with zero attached hydrogens (tertiary/aromatic N) is 1. The lowest BCUT2D eigenvalue weighted by molar-refractivity contribution is -0.114. The molecule has 0 radical (unpaired) electrons. The van der Waals surface area contributed by atoms with Crippen LogP contribution < -0.4 is 5.32 Å². The van der Waals surface area contributed by atoms with Crippen molar-refractivity contribution in [2.24, 2.45) is 0 Å². The highest BCUT2D eigenvalue weighted by Crippen LogP contribution is 2.18. The van der Waals surface area contributed by atoms with Crippen molar-refractivity contribution in [3.63, 3.8) is 0 Å². The monoisotopic (exact) mass is 404 g/mol. The van der Waals surface area contributed by atoms with Crippen molar-refractivity contribution in [3.05, 3.63) is 88.7 Å². The minimum atomic E-state index is -0.523. The Morgan fingerprint density at radius 3 is 2.27 bits per heavy atom. The predicted molar refractivity (Wildman–Crippen MR) is 115 cm³/mol. The zero-order chi connectivity index (χ0) is 21.7. The standard InChI is InChI=1S/C24H24N2O4/c1-16-13-22(17(2)26(16)14-19-7-5-4-6-8-19)24(29)30-15-23(28)20-9-11-21(12-10-20)25-18(3)27/h4-13H,14-15H2,1-3H3,(H,25,27). The summed E-state index contributed by atoms with van der Waals surface area (Å²) in [6, 6.07) is 18.2. The largest absolute Gasteiger partial charge is 0.454 e. The zero-order valence-corrected chi connectivity index (χ0v) is 17.3. The van der Waals surface area contributed by atoms with Gasteiger partial charge in [0.2, 0.25) is 5.91 Å². The highest BCUT2D eigenvalue weighted by atomic mass is 16.5. The van der Waals surface area contributed by atoms with Crippen LogP contribution in [0.25, 0.3) is 0 Å². The molecule has 0 aliphatic heterocycles. The van der Waals surface area contributed by atoms with Crippen LogP contribution in [0.2, 0.25) is 0 Å². The van der Waals surface area contributed by atoms with Crippen molar-refractivity contribution < 1.29 is 19.1 Å². The molecule has 0 aliphatic rings. The molecule has 154 valence electrons. The molecule has 3 aromatic rings. The molecule has 1 aromatic heterocycles. The Morgan fingerprint density at radius 1 is 0.967 bits per heavy atom. The van der Waals surface area contributed by atoms with E-state index >= 15 is 0 Å². The van der Waals surface area contributed by atoms with Gasteiger partial charge in [0.25, 0.3) is 0 Å². The zero-order valence-electron chi connectivity index (χ0n) is 17.3. The number of Topliss-reactive ketones (excluding diaryl/α,β-unsaturated/α-hetero) is 1. The van der Waals surface area contributed by atoms with E-state index in [1.807, 2.05) is 44.2 Å². The van der Waals surface area contributed by atoms with E-state index in [9.17, 15) is 14.4 Å². The van der Waals surface area contributed by atoms with Crippen molar-refractivity contribution in [2.75, 3.05) is 11.9 Å². The minimum absolute atomic E-state index is 0.187. The molecule has 0 saturated carbocycles. The second-order valence-electron chi connectivity index (χ2n) is 7.11. The Bertz CT molecular complexity index is 1070. The van der Waals surface area contributed by atoms with Crippen molar-refractivity contribution in [1.29, 1.82) is 0 Å². The number of benzene rings is 2. The third-order valence-corrected chi connectivity index (χ3v) is 4.84. The topological polar surface area (TPSA) is 77.4 Å². The first kappa shape index (κ1) is 21.0. The average molecular weight is 404 g/mol. The van der Waals surface area contributed by atoms with Gasteiger partial charge in [-0.05, 0) is 49.7 Å². The van der Waals surface area contributed by atoms with Crippen molar-refractivity contribution in [1.82, 2.24) is 4.57 Å². The summed E-state index contributed by atoms with van der Waals surface area (Å²) in [5.74, 6) is -1.02. The normalized spacial score (nSPS) is 10.5. The Hall–Kier alpha value is -3.67. The third-order valence-electron chi connectivity index (χ3n) is 4.84. The number of nitrogens with one attached hydrogen (secondary N) is 1. The molecule has 0 fully saturated rings. The molecule has 6 heteroatoms. The maximum absolute atomic E-state index is 12.6. The molecule has 0 bridgehead atoms. The third kappa shape index (κ3) is 5.03. The summed E-state index contributed by atoms with van der Waals surface area (Å²) in [6.45, 7) is 5.53. The average Bonchev–Trinajstić information content (AvgIpc) is 3.01. The summed E-state index contributed by atoms with van der Waals surface area (Å²) in [5, 5.41) is 2.64. The number of carbonyl (C=O) groups excluding carboxylic acids is 3. The van der Waals surface area contributed by atoms with Crippen LogP contribution in [0.4, 0.5) is 5.69 Å². The van der Waals surface area contributed by atoms with Crippen LogP contribution in [0, 0.1) is 13.8 Å². The number of hydrogen-bond donors (Lipinski definition) is 1. The number of ketones is 1. The van der Waals surface area contributed by atoms with Crippen molar-refractivity contribution in [2.45, 2.75) is 27.3 Å². The summed E-state index contributed by atoms with van der Waals surface area (Å²) in [7, 11) is 0. The smallest absolute Gasteiger partial charge is 0.340 e. The van der Waals surface area contributed by atoms with Gasteiger partial charge in [0.05, 0.1) is 5.56 Å². The van der Waals surface area contributed by atoms with Gasteiger partial charge < -0.3 is 14.6 Å². The predicted octanol–water partition coefficient (Wildman–Crippen LogP) is 4.15. The van der Waals surface area contributed by atoms with Gasteiger partial charge in [-0.15, -0.1) is 0 Å². The van der Waals surface area contributed by atoms with Gasteiger partial charge in [-0.3, -0.25) is 9.59 Å². The maximum atomic E-state index is 12.6. The van der Waals surface area contributed by atoms with E-state index in [2.05, 4.69) is 9.88 Å². The van der Waals surface area contributed by atoms with Gasteiger partial charge in [0.1, 0.15) is 0 Å². The molecule has 0 saturated heterocycles. The first-order chi connectivity index (χ1) is 14.3. The van der Waals surface area contributed by atoms with Gasteiger partial charge in [-0.25, -0.2) is 4.79 Å². The molecule has 2 aromatic carbocycles. The van der Waals surface area contributed by atoms with Gasteiger partial charge in [0.15, 0.2) is 12.4 Å². The number of rotatable bonds is 7. The van der Waals surface area contributed by atoms with E-state index < -0.39 is 5.97 Å². The quantitative estimate of drug-likeness (QED) is 0.474. The van der Waals surface area contributed by atoms with E-state index in [-0.39, 0.29) is 18.3 Å². The SMILES string of the molecule is CC(=O)Nc1ccc(C(=O)COC(=O)c2cc(C)n(Cc3ccccc3)c2C)cc1. The number of esters is 1. The number of aromatic nitrogens is 1. The number of ether oxygens (including phenoxy) is 1. The molecule has 1 N–H and O–H groups in total. The van der Waals surface area contributed by atoms with E-state index in [1.54, 1.807) is 30.3 Å². The summed E-state index contributed by atoms with van der Waals surface area (Å²) in [4.78, 5) is 36.0. The molecule has 0 aliphatic carbocycles. The van der Waals surface area contributed by atoms with E-state index in [4.69, 9.17) is 4.74 Å². The molecule has 1 amide bonds. The number of aryl methyl sites for hydroxylation is 1. The Labute approximate surface area is 175 Å². The lowest BCUT2D eigenvalue weighted by atomic mass is 10.1. The van der Waals surface area contributed by atoms with Crippen LogP contribution in [0.5, 0.6) is 0 Å². The molecule has 3 rings (SSSR count). The lowest BCUT2D eigenvalue weighted by Crippen LogP contribution is -2.15. The number of carbonyl (C=O) groups is 3. The summed E-state index contributed by atoms with van der Waals surface area (Å²) < 4.78 is 7.32. The summed E-state index contributed by atoms with van der Waals surface area (Å²) in [6.07, 6.45) is 0. The van der Waals surface area contributed by atoms with Crippen LogP contribution >= 0.6 is 0 Å². The van der Waals surface area contributed by atoms with Crippen LogP contribution in [0.1, 0.15) is 44.6 Å². The molecule has 1 heterocycles. The molecule has 30 heavy (non-hydrogen) atoms. The number of amides is 1. The second-order valence-corrected chi connectivity index (χ2v) is 7.11. The number of anilines is 1. The van der Waals surface area contributed by atoms with Crippen LogP contribution in [0.3, 0.4) is 0 Å². The minimum Gasteiger partial charge on any atom is -0.454 e. The summed E-state index contributed by atoms with van der Waals surface area (Å²) in [5.41, 5.74) is 4.35. The second kappa shape index (κ2) is 9.22. The highest BCUT2D eigenvalue weighted by Gasteiger charge is 2.18. The maximum Gasteiger partial charge on any atom is 0.340 e. The molecule has 0 unspecified atom stereocenters. The Kier molecular flexibility index (Phi) is 6.47. The number of hydrogen-bond acceptors (Lipinski definition) is 4. The Morgan fingerprint density at radius 2 is 1.63 bits per heavy atom. The summed E-state index contributed by atoms with van der Waals surface area (Å²) >= 11 is 0. The highest BCUT2D eigenvalue weighted by molar-refractivity contribution is 6.00. The van der Waals surface area contributed by atoms with E-state index in [1.165, 1.54) is 6.92 Å². The lowest BCUT2D eigenvalue weighted by Gasteiger charge is -2.10. The molecular weight excluding hydrogens is 380 g/mol. The van der Waals surface area contributed by atoms with Crippen LogP contribution in [-0.4, -0.2) is 28.8 Å². The van der Waals surface area contributed by atoms with Gasteiger partial charge in [0, 0.05) is 36.1 Å².